The van der Waals surface area contributed by atoms with Crippen LogP contribution in [-0.2, 0) is 0 Å². The zero-order chi connectivity index (χ0) is 16.6. The van der Waals surface area contributed by atoms with E-state index in [2.05, 4.69) is 20.5 Å². The number of aromatic amines is 1. The van der Waals surface area contributed by atoms with Crippen LogP contribution in [-0.4, -0.2) is 25.4 Å². The van der Waals surface area contributed by atoms with Gasteiger partial charge in [-0.05, 0) is 30.4 Å². The molecule has 0 spiro atoms. The molecule has 3 rings (SSSR count). The van der Waals surface area contributed by atoms with Gasteiger partial charge in [0.15, 0.2) is 16.6 Å². The highest BCUT2D eigenvalue weighted by Gasteiger charge is 2.17. The number of aromatic hydroxyl groups is 1. The fourth-order valence-electron chi connectivity index (χ4n) is 2.15. The summed E-state index contributed by atoms with van der Waals surface area (Å²) in [7, 11) is 0. The monoisotopic (exact) mass is 328 g/mol. The molecule has 0 unspecified atom stereocenters. The van der Waals surface area contributed by atoms with Gasteiger partial charge in [0.2, 0.25) is 0 Å². The highest BCUT2D eigenvalue weighted by atomic mass is 32.1. The first kappa shape index (κ1) is 14.7. The summed E-state index contributed by atoms with van der Waals surface area (Å²) < 4.78 is 14.0. The Morgan fingerprint density at radius 3 is 2.87 bits per heavy atom. The largest absolute Gasteiger partial charge is 0.508 e. The van der Waals surface area contributed by atoms with Crippen molar-refractivity contribution in [3.05, 3.63) is 35.6 Å². The Labute approximate surface area is 134 Å². The number of anilines is 1. The molecule has 1 aromatic carbocycles. The number of nitrogens with zero attached hydrogens (tertiary/aromatic N) is 3. The van der Waals surface area contributed by atoms with Gasteiger partial charge in [-0.1, -0.05) is 0 Å². The summed E-state index contributed by atoms with van der Waals surface area (Å²) in [5.74, 6) is -0.570. The van der Waals surface area contributed by atoms with Crippen molar-refractivity contribution in [3.63, 3.8) is 0 Å². The van der Waals surface area contributed by atoms with E-state index in [9.17, 15) is 14.8 Å². The van der Waals surface area contributed by atoms with Crippen LogP contribution in [0.2, 0.25) is 0 Å². The third-order valence-electron chi connectivity index (χ3n) is 3.12. The maximum Gasteiger partial charge on any atom is 0.169 e. The molecule has 0 bridgehead atoms. The molecule has 0 radical (unpaired) electrons. The molecule has 2 heterocycles. The predicted octanol–water partition coefficient (Wildman–Crippen LogP) is 2.00. The highest BCUT2D eigenvalue weighted by molar-refractivity contribution is 7.80. The van der Waals surface area contributed by atoms with E-state index in [1.165, 1.54) is 18.2 Å². The maximum atomic E-state index is 14.0. The lowest BCUT2D eigenvalue weighted by atomic mass is 10.0. The zero-order valence-corrected chi connectivity index (χ0v) is 12.3. The number of H-pyrrole nitrogens is 1. The minimum atomic E-state index is -0.686. The van der Waals surface area contributed by atoms with Crippen LogP contribution < -0.4 is 11.1 Å². The summed E-state index contributed by atoms with van der Waals surface area (Å²) in [5.41, 5.74) is 6.13. The normalized spacial score (nSPS) is 10.4. The summed E-state index contributed by atoms with van der Waals surface area (Å²) in [6, 6.07) is 7.10. The first-order valence-corrected chi connectivity index (χ1v) is 6.75. The number of hydrogen-bond donors (Lipinski definition) is 4. The van der Waals surface area contributed by atoms with Crippen molar-refractivity contribution in [2.24, 2.45) is 5.73 Å². The SMILES string of the molecule is N#Cc1cc2c(NC(N)=S)n[nH]c2nc1-c1ccc(O)cc1F. The van der Waals surface area contributed by atoms with Gasteiger partial charge in [-0.2, -0.15) is 10.4 Å². The van der Waals surface area contributed by atoms with Crippen LogP contribution >= 0.6 is 12.2 Å². The highest BCUT2D eigenvalue weighted by Crippen LogP contribution is 2.30. The van der Waals surface area contributed by atoms with Gasteiger partial charge in [0.25, 0.3) is 0 Å². The lowest BCUT2D eigenvalue weighted by Gasteiger charge is -2.06. The molecule has 3 aromatic rings. The van der Waals surface area contributed by atoms with Crippen LogP contribution in [0.4, 0.5) is 10.2 Å². The van der Waals surface area contributed by atoms with Crippen molar-refractivity contribution in [1.82, 2.24) is 15.2 Å². The molecule has 0 saturated heterocycles. The minimum Gasteiger partial charge on any atom is -0.508 e. The molecule has 23 heavy (non-hydrogen) atoms. The average Bonchev–Trinajstić information content (AvgIpc) is 2.87. The van der Waals surface area contributed by atoms with Crippen molar-refractivity contribution in [3.8, 4) is 23.1 Å². The minimum absolute atomic E-state index is 0.0190. The lowest BCUT2D eigenvalue weighted by molar-refractivity contribution is 0.469. The molecular weight excluding hydrogens is 319 g/mol. The number of thiocarbonyl (C=S) groups is 1. The van der Waals surface area contributed by atoms with Gasteiger partial charge in [0.1, 0.15) is 17.6 Å². The van der Waals surface area contributed by atoms with Crippen LogP contribution in [0.5, 0.6) is 5.75 Å². The van der Waals surface area contributed by atoms with E-state index in [1.807, 2.05) is 6.07 Å². The van der Waals surface area contributed by atoms with Crippen molar-refractivity contribution < 1.29 is 9.50 Å². The number of nitriles is 1. The van der Waals surface area contributed by atoms with E-state index >= 15 is 0 Å². The average molecular weight is 328 g/mol. The second-order valence-corrected chi connectivity index (χ2v) is 5.06. The van der Waals surface area contributed by atoms with Crippen LogP contribution in [0, 0.1) is 17.1 Å². The lowest BCUT2D eigenvalue weighted by Crippen LogP contribution is -2.19. The summed E-state index contributed by atoms with van der Waals surface area (Å²) in [4.78, 5) is 4.25. The van der Waals surface area contributed by atoms with Crippen molar-refractivity contribution in [2.45, 2.75) is 0 Å². The number of phenolic OH excluding ortho intramolecular Hbond substituents is 1. The molecule has 0 atom stereocenters. The number of rotatable bonds is 2. The van der Waals surface area contributed by atoms with Crippen LogP contribution in [0.3, 0.4) is 0 Å². The van der Waals surface area contributed by atoms with E-state index < -0.39 is 5.82 Å². The van der Waals surface area contributed by atoms with E-state index in [0.29, 0.717) is 16.9 Å². The Bertz CT molecular complexity index is 977. The Hall–Kier alpha value is -3.25. The van der Waals surface area contributed by atoms with Gasteiger partial charge in [0.05, 0.1) is 16.6 Å². The number of benzene rings is 1. The number of fused-ring (bicyclic) bond motifs is 1. The van der Waals surface area contributed by atoms with E-state index in [0.717, 1.165) is 6.07 Å². The molecule has 0 aliphatic rings. The third-order valence-corrected chi connectivity index (χ3v) is 3.22. The fraction of sp³-hybridized carbons (Fsp3) is 0. The fourth-order valence-corrected chi connectivity index (χ4v) is 2.24. The van der Waals surface area contributed by atoms with Gasteiger partial charge in [-0.3, -0.25) is 5.10 Å². The molecular formula is C14H9FN6OS. The number of nitrogens with two attached hydrogens (primary N) is 1. The number of pyridine rings is 1. The van der Waals surface area contributed by atoms with Crippen molar-refractivity contribution >= 4 is 34.2 Å². The quantitative estimate of drug-likeness (QED) is 0.530. The molecule has 0 aliphatic heterocycles. The van der Waals surface area contributed by atoms with Crippen LogP contribution in [0.25, 0.3) is 22.3 Å². The molecule has 7 nitrogen and oxygen atoms in total. The molecule has 2 aromatic heterocycles. The zero-order valence-electron chi connectivity index (χ0n) is 11.5. The van der Waals surface area contributed by atoms with Crippen LogP contribution in [0.1, 0.15) is 5.56 Å². The maximum absolute atomic E-state index is 14.0. The first-order valence-electron chi connectivity index (χ1n) is 6.34. The Kier molecular flexibility index (Phi) is 3.51. The number of phenols is 1. The molecule has 0 saturated carbocycles. The Balaban J connectivity index is 2.22. The second-order valence-electron chi connectivity index (χ2n) is 4.62. The standard InChI is InChI=1S/C14H9FN6OS/c15-10-4-7(22)1-2-8(10)11-6(5-16)3-9-12(18-11)20-21-13(9)19-14(17)23/h1-4,22H,(H4,17,18,19,20,21,23). The summed E-state index contributed by atoms with van der Waals surface area (Å²) >= 11 is 4.75. The molecule has 114 valence electrons. The Morgan fingerprint density at radius 2 is 2.22 bits per heavy atom. The molecule has 9 heteroatoms. The molecule has 5 N–H and O–H groups in total. The van der Waals surface area contributed by atoms with Gasteiger partial charge >= 0.3 is 0 Å². The number of hydrogen-bond acceptors (Lipinski definition) is 5. The van der Waals surface area contributed by atoms with Crippen LogP contribution in [0.15, 0.2) is 24.3 Å². The van der Waals surface area contributed by atoms with Crippen molar-refractivity contribution in [1.29, 1.82) is 5.26 Å². The second kappa shape index (κ2) is 5.51. The summed E-state index contributed by atoms with van der Waals surface area (Å²) in [6.07, 6.45) is 0. The predicted molar refractivity (Wildman–Crippen MR) is 86.1 cm³/mol. The van der Waals surface area contributed by atoms with Gasteiger partial charge in [0, 0.05) is 11.6 Å². The van der Waals surface area contributed by atoms with Crippen molar-refractivity contribution in [2.75, 3.05) is 5.32 Å². The number of halogens is 1. The topological polar surface area (TPSA) is 124 Å². The molecule has 0 fully saturated rings. The van der Waals surface area contributed by atoms with E-state index in [4.69, 9.17) is 18.0 Å². The third kappa shape index (κ3) is 2.63. The van der Waals surface area contributed by atoms with Gasteiger partial charge < -0.3 is 16.2 Å². The number of aromatic nitrogens is 3. The van der Waals surface area contributed by atoms with E-state index in [-0.39, 0.29) is 27.7 Å². The van der Waals surface area contributed by atoms with E-state index in [1.54, 1.807) is 0 Å². The molecule has 0 amide bonds. The first-order chi connectivity index (χ1) is 11.0. The smallest absolute Gasteiger partial charge is 0.169 e. The number of nitrogens with one attached hydrogen (secondary N) is 2. The van der Waals surface area contributed by atoms with Gasteiger partial charge in [-0.25, -0.2) is 9.37 Å². The summed E-state index contributed by atoms with van der Waals surface area (Å²) in [5, 5.41) is 28.5. The molecule has 0 aliphatic carbocycles. The van der Waals surface area contributed by atoms with Gasteiger partial charge in [-0.15, -0.1) is 0 Å². The summed E-state index contributed by atoms with van der Waals surface area (Å²) in [6.45, 7) is 0. The Morgan fingerprint density at radius 1 is 1.43 bits per heavy atom.